The fourth-order valence-electron chi connectivity index (χ4n) is 2.57. The largest absolute Gasteiger partial charge is 0.461 e. The number of para-hydroxylation sites is 1. The van der Waals surface area contributed by atoms with Gasteiger partial charge in [0.25, 0.3) is 0 Å². The summed E-state index contributed by atoms with van der Waals surface area (Å²) in [5.41, 5.74) is 3.11. The summed E-state index contributed by atoms with van der Waals surface area (Å²) in [6.45, 7) is 4.08. The molecular weight excluding hydrogens is 336 g/mol. The lowest BCUT2D eigenvalue weighted by molar-refractivity contribution is -0.113. The molecule has 6 nitrogen and oxygen atoms in total. The molecule has 2 aromatic heterocycles. The number of rotatable bonds is 6. The van der Waals surface area contributed by atoms with E-state index in [1.54, 1.807) is 12.3 Å². The molecule has 0 atom stereocenters. The second-order valence-electron chi connectivity index (χ2n) is 5.64. The van der Waals surface area contributed by atoms with Crippen LogP contribution in [0.2, 0.25) is 0 Å². The Morgan fingerprint density at radius 3 is 2.84 bits per heavy atom. The summed E-state index contributed by atoms with van der Waals surface area (Å²) in [6.07, 6.45) is 2.47. The number of aryl methyl sites for hydroxylation is 2. The summed E-state index contributed by atoms with van der Waals surface area (Å²) in [4.78, 5) is 12.3. The van der Waals surface area contributed by atoms with Crippen LogP contribution in [0.1, 0.15) is 18.1 Å². The first-order valence-corrected chi connectivity index (χ1v) is 9.03. The molecule has 130 valence electrons. The second kappa shape index (κ2) is 7.57. The molecule has 7 heteroatoms. The Balaban J connectivity index is 1.66. The van der Waals surface area contributed by atoms with Gasteiger partial charge in [-0.25, -0.2) is 0 Å². The monoisotopic (exact) mass is 356 g/mol. The van der Waals surface area contributed by atoms with E-state index in [0.29, 0.717) is 16.7 Å². The Kier molecular flexibility index (Phi) is 5.23. The van der Waals surface area contributed by atoms with E-state index in [0.717, 1.165) is 23.2 Å². The van der Waals surface area contributed by atoms with Gasteiger partial charge in [-0.1, -0.05) is 36.9 Å². The number of thioether (sulfide) groups is 1. The number of amides is 1. The standard InChI is InChI=1S/C18H20N4O2S/c1-4-13-8-5-7-12(2)16(13)19-15(23)11-25-18-21-20-17(22(18)3)14-9-6-10-24-14/h5-10H,4,11H2,1-3H3,(H,19,23). The van der Waals surface area contributed by atoms with Crippen molar-refractivity contribution in [3.8, 4) is 11.6 Å². The smallest absolute Gasteiger partial charge is 0.234 e. The quantitative estimate of drug-likeness (QED) is 0.682. The molecule has 1 aromatic carbocycles. The molecule has 2 heterocycles. The van der Waals surface area contributed by atoms with E-state index in [9.17, 15) is 4.79 Å². The number of carbonyl (C=O) groups excluding carboxylic acids is 1. The lowest BCUT2D eigenvalue weighted by atomic mass is 10.1. The van der Waals surface area contributed by atoms with E-state index in [1.807, 2.05) is 42.8 Å². The number of carbonyl (C=O) groups is 1. The summed E-state index contributed by atoms with van der Waals surface area (Å²) < 4.78 is 7.17. The molecular formula is C18H20N4O2S. The molecule has 0 aliphatic carbocycles. The van der Waals surface area contributed by atoms with E-state index in [2.05, 4.69) is 22.4 Å². The van der Waals surface area contributed by atoms with Crippen LogP contribution in [0, 0.1) is 6.92 Å². The van der Waals surface area contributed by atoms with Crippen LogP contribution in [0.15, 0.2) is 46.2 Å². The van der Waals surface area contributed by atoms with Crippen LogP contribution in [0.5, 0.6) is 0 Å². The van der Waals surface area contributed by atoms with Crippen molar-refractivity contribution >= 4 is 23.4 Å². The number of nitrogens with zero attached hydrogens (tertiary/aromatic N) is 3. The average molecular weight is 356 g/mol. The van der Waals surface area contributed by atoms with Crippen LogP contribution in [-0.2, 0) is 18.3 Å². The number of aromatic nitrogens is 3. The molecule has 0 aliphatic heterocycles. The molecule has 0 fully saturated rings. The Bertz CT molecular complexity index is 871. The van der Waals surface area contributed by atoms with Crippen molar-refractivity contribution in [2.75, 3.05) is 11.1 Å². The molecule has 1 amide bonds. The summed E-state index contributed by atoms with van der Waals surface area (Å²) >= 11 is 1.35. The fourth-order valence-corrected chi connectivity index (χ4v) is 3.28. The van der Waals surface area contributed by atoms with Crippen molar-refractivity contribution in [2.24, 2.45) is 7.05 Å². The van der Waals surface area contributed by atoms with Crippen molar-refractivity contribution in [1.29, 1.82) is 0 Å². The zero-order valence-corrected chi connectivity index (χ0v) is 15.3. The lowest BCUT2D eigenvalue weighted by Crippen LogP contribution is -2.16. The third-order valence-electron chi connectivity index (χ3n) is 3.91. The van der Waals surface area contributed by atoms with Gasteiger partial charge in [0, 0.05) is 12.7 Å². The lowest BCUT2D eigenvalue weighted by Gasteiger charge is -2.12. The van der Waals surface area contributed by atoms with Gasteiger partial charge in [-0.15, -0.1) is 10.2 Å². The highest BCUT2D eigenvalue weighted by Gasteiger charge is 2.15. The van der Waals surface area contributed by atoms with Gasteiger partial charge in [0.15, 0.2) is 16.7 Å². The molecule has 25 heavy (non-hydrogen) atoms. The first-order valence-electron chi connectivity index (χ1n) is 8.04. The van der Waals surface area contributed by atoms with Gasteiger partial charge in [-0.3, -0.25) is 4.79 Å². The van der Waals surface area contributed by atoms with Crippen molar-refractivity contribution in [3.05, 3.63) is 47.7 Å². The average Bonchev–Trinajstić information content (AvgIpc) is 3.24. The first kappa shape index (κ1) is 17.3. The van der Waals surface area contributed by atoms with Gasteiger partial charge in [-0.2, -0.15) is 0 Å². The van der Waals surface area contributed by atoms with E-state index >= 15 is 0 Å². The van der Waals surface area contributed by atoms with E-state index < -0.39 is 0 Å². The Morgan fingerprint density at radius 2 is 2.12 bits per heavy atom. The highest BCUT2D eigenvalue weighted by molar-refractivity contribution is 7.99. The van der Waals surface area contributed by atoms with Gasteiger partial charge in [0.05, 0.1) is 12.0 Å². The van der Waals surface area contributed by atoms with Gasteiger partial charge in [0.1, 0.15) is 0 Å². The third-order valence-corrected chi connectivity index (χ3v) is 4.93. The second-order valence-corrected chi connectivity index (χ2v) is 6.58. The molecule has 0 spiro atoms. The highest BCUT2D eigenvalue weighted by atomic mass is 32.2. The number of benzene rings is 1. The maximum Gasteiger partial charge on any atom is 0.234 e. The Morgan fingerprint density at radius 1 is 1.28 bits per heavy atom. The summed E-state index contributed by atoms with van der Waals surface area (Å²) in [5, 5.41) is 12.0. The third kappa shape index (κ3) is 3.76. The zero-order valence-electron chi connectivity index (χ0n) is 14.4. The van der Waals surface area contributed by atoms with Gasteiger partial charge in [0.2, 0.25) is 5.91 Å². The fraction of sp³-hybridized carbons (Fsp3) is 0.278. The van der Waals surface area contributed by atoms with Crippen molar-refractivity contribution in [2.45, 2.75) is 25.4 Å². The van der Waals surface area contributed by atoms with Crippen LogP contribution in [-0.4, -0.2) is 26.4 Å². The predicted octanol–water partition coefficient (Wildman–Crippen LogP) is 3.68. The van der Waals surface area contributed by atoms with Crippen molar-refractivity contribution < 1.29 is 9.21 Å². The minimum Gasteiger partial charge on any atom is -0.461 e. The van der Waals surface area contributed by atoms with E-state index in [-0.39, 0.29) is 11.7 Å². The van der Waals surface area contributed by atoms with Crippen molar-refractivity contribution in [1.82, 2.24) is 14.8 Å². The number of hydrogen-bond acceptors (Lipinski definition) is 5. The summed E-state index contributed by atoms with van der Waals surface area (Å²) in [6, 6.07) is 9.68. The van der Waals surface area contributed by atoms with Crippen LogP contribution in [0.3, 0.4) is 0 Å². The molecule has 0 saturated carbocycles. The molecule has 3 aromatic rings. The number of hydrogen-bond donors (Lipinski definition) is 1. The minimum atomic E-state index is -0.0588. The number of furan rings is 1. The summed E-state index contributed by atoms with van der Waals surface area (Å²) in [5.74, 6) is 1.50. The maximum absolute atomic E-state index is 12.3. The first-order chi connectivity index (χ1) is 12.1. The molecule has 0 saturated heterocycles. The highest BCUT2D eigenvalue weighted by Crippen LogP contribution is 2.24. The maximum atomic E-state index is 12.3. The van der Waals surface area contributed by atoms with E-state index in [4.69, 9.17) is 4.42 Å². The predicted molar refractivity (Wildman–Crippen MR) is 98.6 cm³/mol. The molecule has 1 N–H and O–H groups in total. The molecule has 0 radical (unpaired) electrons. The van der Waals surface area contributed by atoms with Crippen molar-refractivity contribution in [3.63, 3.8) is 0 Å². The Hall–Kier alpha value is -2.54. The van der Waals surface area contributed by atoms with Crippen LogP contribution in [0.4, 0.5) is 5.69 Å². The van der Waals surface area contributed by atoms with Gasteiger partial charge >= 0.3 is 0 Å². The number of anilines is 1. The number of nitrogens with one attached hydrogen (secondary N) is 1. The molecule has 0 unspecified atom stereocenters. The molecule has 0 bridgehead atoms. The topological polar surface area (TPSA) is 73.0 Å². The normalized spacial score (nSPS) is 10.8. The van der Waals surface area contributed by atoms with Crippen LogP contribution >= 0.6 is 11.8 Å². The van der Waals surface area contributed by atoms with E-state index in [1.165, 1.54) is 11.8 Å². The summed E-state index contributed by atoms with van der Waals surface area (Å²) in [7, 11) is 1.86. The van der Waals surface area contributed by atoms with Crippen LogP contribution < -0.4 is 5.32 Å². The van der Waals surface area contributed by atoms with Gasteiger partial charge in [-0.05, 0) is 36.6 Å². The SMILES string of the molecule is CCc1cccc(C)c1NC(=O)CSc1nnc(-c2ccco2)n1C. The zero-order chi connectivity index (χ0) is 17.8. The molecule has 3 rings (SSSR count). The minimum absolute atomic E-state index is 0.0588. The Labute approximate surface area is 150 Å². The molecule has 0 aliphatic rings. The van der Waals surface area contributed by atoms with Crippen LogP contribution in [0.25, 0.3) is 11.6 Å². The van der Waals surface area contributed by atoms with Gasteiger partial charge < -0.3 is 14.3 Å².